The summed E-state index contributed by atoms with van der Waals surface area (Å²) in [6.07, 6.45) is 2.26. The van der Waals surface area contributed by atoms with Crippen LogP contribution in [0.2, 0.25) is 0 Å². The zero-order valence-electron chi connectivity index (χ0n) is 11.9. The highest BCUT2D eigenvalue weighted by atomic mass is 32.2. The van der Waals surface area contributed by atoms with Crippen LogP contribution in [-0.2, 0) is 10.8 Å². The fourth-order valence-corrected chi connectivity index (χ4v) is 3.18. The number of hydrogen-bond donors (Lipinski definition) is 1. The molecular formula is C18H18O2S. The van der Waals surface area contributed by atoms with Crippen molar-refractivity contribution in [3.63, 3.8) is 0 Å². The standard InChI is InChI=1S/C18H18O2S/c1-3-7-17(18(19)15-8-5-4-6-9-15)21(20)16-12-10-14(2)11-13-16/h3-13,18-19H,1H2,2H3/b17-7+/t18-,21?/m1/s1. The van der Waals surface area contributed by atoms with Gasteiger partial charge in [-0.2, -0.15) is 0 Å². The largest absolute Gasteiger partial charge is 0.383 e. The maximum atomic E-state index is 12.7. The van der Waals surface area contributed by atoms with E-state index in [-0.39, 0.29) is 0 Å². The molecule has 21 heavy (non-hydrogen) atoms. The average Bonchev–Trinajstić information content (AvgIpc) is 2.53. The minimum atomic E-state index is -1.42. The van der Waals surface area contributed by atoms with E-state index in [1.165, 1.54) is 0 Å². The first kappa shape index (κ1) is 15.4. The van der Waals surface area contributed by atoms with Gasteiger partial charge in [0.2, 0.25) is 0 Å². The maximum Gasteiger partial charge on any atom is 0.113 e. The Morgan fingerprint density at radius 2 is 1.76 bits per heavy atom. The number of hydrogen-bond acceptors (Lipinski definition) is 2. The van der Waals surface area contributed by atoms with Gasteiger partial charge in [0, 0.05) is 4.90 Å². The predicted molar refractivity (Wildman–Crippen MR) is 87.3 cm³/mol. The van der Waals surface area contributed by atoms with E-state index in [0.29, 0.717) is 15.4 Å². The van der Waals surface area contributed by atoms with Crippen molar-refractivity contribution >= 4 is 10.8 Å². The molecule has 0 spiro atoms. The van der Waals surface area contributed by atoms with Crippen molar-refractivity contribution in [1.82, 2.24) is 0 Å². The third-order valence-corrected chi connectivity index (χ3v) is 4.60. The topological polar surface area (TPSA) is 37.3 Å². The molecule has 3 heteroatoms. The minimum Gasteiger partial charge on any atom is -0.383 e. The van der Waals surface area contributed by atoms with E-state index in [1.807, 2.05) is 61.5 Å². The lowest BCUT2D eigenvalue weighted by Crippen LogP contribution is -2.07. The number of allylic oxidation sites excluding steroid dienone is 2. The second kappa shape index (κ2) is 7.16. The molecule has 2 atom stereocenters. The van der Waals surface area contributed by atoms with E-state index in [0.717, 1.165) is 5.56 Å². The zero-order valence-corrected chi connectivity index (χ0v) is 12.7. The van der Waals surface area contributed by atoms with Crippen molar-refractivity contribution in [2.75, 3.05) is 0 Å². The molecule has 2 aromatic rings. The SMILES string of the molecule is C=C/C=C(\[C@H](O)c1ccccc1)S(=O)c1ccc(C)cc1. The normalized spacial score (nSPS) is 14.5. The molecule has 2 nitrogen and oxygen atoms in total. The van der Waals surface area contributed by atoms with Crippen LogP contribution < -0.4 is 0 Å². The van der Waals surface area contributed by atoms with Gasteiger partial charge in [0.15, 0.2) is 0 Å². The van der Waals surface area contributed by atoms with Crippen LogP contribution in [0.25, 0.3) is 0 Å². The summed E-state index contributed by atoms with van der Waals surface area (Å²) >= 11 is 0. The van der Waals surface area contributed by atoms with Gasteiger partial charge in [-0.1, -0.05) is 60.7 Å². The van der Waals surface area contributed by atoms with Crippen molar-refractivity contribution in [2.24, 2.45) is 0 Å². The lowest BCUT2D eigenvalue weighted by atomic mass is 10.1. The van der Waals surface area contributed by atoms with Crippen LogP contribution in [-0.4, -0.2) is 9.32 Å². The van der Waals surface area contributed by atoms with Gasteiger partial charge in [0.25, 0.3) is 0 Å². The van der Waals surface area contributed by atoms with Crippen LogP contribution in [0.15, 0.2) is 83.1 Å². The molecule has 108 valence electrons. The Morgan fingerprint density at radius 3 is 2.33 bits per heavy atom. The quantitative estimate of drug-likeness (QED) is 0.850. The average molecular weight is 298 g/mol. The van der Waals surface area contributed by atoms with E-state index in [9.17, 15) is 9.32 Å². The van der Waals surface area contributed by atoms with E-state index in [4.69, 9.17) is 0 Å². The van der Waals surface area contributed by atoms with Crippen LogP contribution in [0.3, 0.4) is 0 Å². The summed E-state index contributed by atoms with van der Waals surface area (Å²) < 4.78 is 12.7. The van der Waals surface area contributed by atoms with Crippen LogP contribution in [0.5, 0.6) is 0 Å². The molecule has 0 bridgehead atoms. The van der Waals surface area contributed by atoms with Crippen molar-refractivity contribution in [2.45, 2.75) is 17.9 Å². The molecule has 0 aliphatic heterocycles. The summed E-state index contributed by atoms with van der Waals surface area (Å²) in [4.78, 5) is 1.10. The monoisotopic (exact) mass is 298 g/mol. The van der Waals surface area contributed by atoms with Gasteiger partial charge < -0.3 is 5.11 Å². The summed E-state index contributed by atoms with van der Waals surface area (Å²) in [6, 6.07) is 16.7. The summed E-state index contributed by atoms with van der Waals surface area (Å²) in [5, 5.41) is 10.5. The molecule has 0 amide bonds. The predicted octanol–water partition coefficient (Wildman–Crippen LogP) is 3.91. The fraction of sp³-hybridized carbons (Fsp3) is 0.111. The molecule has 0 radical (unpaired) electrons. The summed E-state index contributed by atoms with van der Waals surface area (Å²) in [5.41, 5.74) is 1.82. The molecule has 0 saturated heterocycles. The second-order valence-electron chi connectivity index (χ2n) is 4.70. The molecule has 2 rings (SSSR count). The highest BCUT2D eigenvalue weighted by molar-refractivity contribution is 7.89. The highest BCUT2D eigenvalue weighted by Gasteiger charge is 2.19. The van der Waals surface area contributed by atoms with Gasteiger partial charge in [0.1, 0.15) is 6.10 Å². The first-order chi connectivity index (χ1) is 10.1. The molecule has 0 aliphatic rings. The number of aliphatic hydroxyl groups is 1. The molecule has 0 aromatic heterocycles. The zero-order chi connectivity index (χ0) is 15.2. The Labute approximate surface area is 127 Å². The Balaban J connectivity index is 2.35. The van der Waals surface area contributed by atoms with E-state index in [2.05, 4.69) is 6.58 Å². The van der Waals surface area contributed by atoms with Gasteiger partial charge in [-0.15, -0.1) is 0 Å². The number of aryl methyl sites for hydroxylation is 1. The van der Waals surface area contributed by atoms with Crippen molar-refractivity contribution in [3.8, 4) is 0 Å². The van der Waals surface area contributed by atoms with E-state index < -0.39 is 16.9 Å². The lowest BCUT2D eigenvalue weighted by Gasteiger charge is -2.15. The van der Waals surface area contributed by atoms with Crippen molar-refractivity contribution in [1.29, 1.82) is 0 Å². The van der Waals surface area contributed by atoms with E-state index in [1.54, 1.807) is 12.2 Å². The van der Waals surface area contributed by atoms with Crippen LogP contribution in [0, 0.1) is 6.92 Å². The van der Waals surface area contributed by atoms with Crippen LogP contribution >= 0.6 is 0 Å². The third-order valence-electron chi connectivity index (χ3n) is 3.12. The van der Waals surface area contributed by atoms with Crippen LogP contribution in [0.1, 0.15) is 17.2 Å². The highest BCUT2D eigenvalue weighted by Crippen LogP contribution is 2.28. The molecule has 1 unspecified atom stereocenters. The Hall–Kier alpha value is -1.97. The van der Waals surface area contributed by atoms with Crippen molar-refractivity contribution in [3.05, 3.63) is 89.4 Å². The van der Waals surface area contributed by atoms with Gasteiger partial charge in [-0.25, -0.2) is 4.21 Å². The molecule has 0 fully saturated rings. The minimum absolute atomic E-state index is 0.431. The number of benzene rings is 2. The smallest absolute Gasteiger partial charge is 0.113 e. The van der Waals surface area contributed by atoms with Gasteiger partial charge >= 0.3 is 0 Å². The Bertz CT molecular complexity index is 657. The van der Waals surface area contributed by atoms with Gasteiger partial charge in [-0.3, -0.25) is 0 Å². The first-order valence-corrected chi connectivity index (χ1v) is 7.82. The van der Waals surface area contributed by atoms with Crippen LogP contribution in [0.4, 0.5) is 0 Å². The molecular weight excluding hydrogens is 280 g/mol. The number of rotatable bonds is 5. The van der Waals surface area contributed by atoms with Gasteiger partial charge in [-0.05, 0) is 30.7 Å². The molecule has 2 aromatic carbocycles. The molecule has 0 heterocycles. The van der Waals surface area contributed by atoms with E-state index >= 15 is 0 Å². The lowest BCUT2D eigenvalue weighted by molar-refractivity contribution is 0.224. The molecule has 0 aliphatic carbocycles. The van der Waals surface area contributed by atoms with Crippen molar-refractivity contribution < 1.29 is 9.32 Å². The second-order valence-corrected chi connectivity index (χ2v) is 6.18. The summed E-state index contributed by atoms with van der Waals surface area (Å²) in [7, 11) is -1.42. The Kier molecular flexibility index (Phi) is 5.26. The summed E-state index contributed by atoms with van der Waals surface area (Å²) in [6.45, 7) is 5.62. The fourth-order valence-electron chi connectivity index (χ4n) is 1.97. The summed E-state index contributed by atoms with van der Waals surface area (Å²) in [5.74, 6) is 0. The third kappa shape index (κ3) is 3.78. The molecule has 0 saturated carbocycles. The first-order valence-electron chi connectivity index (χ1n) is 6.67. The Morgan fingerprint density at radius 1 is 1.14 bits per heavy atom. The molecule has 1 N–H and O–H groups in total. The number of aliphatic hydroxyl groups excluding tert-OH is 1. The van der Waals surface area contributed by atoms with Gasteiger partial charge in [0.05, 0.1) is 15.7 Å². The maximum absolute atomic E-state index is 12.7.